The Balaban J connectivity index is 1.20. The number of furan rings is 1. The molecule has 10 aromatic rings. The predicted molar refractivity (Wildman–Crippen MR) is 220 cm³/mol. The summed E-state index contributed by atoms with van der Waals surface area (Å²) in [5, 5.41) is 7.05. The van der Waals surface area contributed by atoms with Crippen molar-refractivity contribution < 1.29 is 4.42 Å². The van der Waals surface area contributed by atoms with Gasteiger partial charge in [0.2, 0.25) is 0 Å². The zero-order valence-electron chi connectivity index (χ0n) is 28.4. The lowest BCUT2D eigenvalue weighted by atomic mass is 9.93. The fourth-order valence-corrected chi connectivity index (χ4v) is 7.68. The van der Waals surface area contributed by atoms with Crippen molar-refractivity contribution in [2.75, 3.05) is 4.90 Å². The Morgan fingerprint density at radius 2 is 0.885 bits per heavy atom. The molecule has 0 atom stereocenters. The van der Waals surface area contributed by atoms with E-state index in [4.69, 9.17) is 4.42 Å². The summed E-state index contributed by atoms with van der Waals surface area (Å²) in [5.41, 5.74) is 12.1. The van der Waals surface area contributed by atoms with E-state index in [1.54, 1.807) is 0 Å². The highest BCUT2D eigenvalue weighted by molar-refractivity contribution is 6.11. The predicted octanol–water partition coefficient (Wildman–Crippen LogP) is 14.4. The van der Waals surface area contributed by atoms with Gasteiger partial charge in [-0.1, -0.05) is 146 Å². The van der Waals surface area contributed by atoms with Crippen LogP contribution in [0.2, 0.25) is 0 Å². The van der Waals surface area contributed by atoms with Gasteiger partial charge >= 0.3 is 0 Å². The maximum absolute atomic E-state index is 6.40. The smallest absolute Gasteiger partial charge is 0.136 e. The monoisotopic (exact) mass is 663 g/mol. The third-order valence-electron chi connectivity index (χ3n) is 10.2. The number of para-hydroxylation sites is 1. The van der Waals surface area contributed by atoms with Crippen LogP contribution in [0.25, 0.3) is 76.9 Å². The van der Waals surface area contributed by atoms with Crippen molar-refractivity contribution in [3.8, 4) is 33.4 Å². The van der Waals surface area contributed by atoms with Gasteiger partial charge in [0.15, 0.2) is 0 Å². The minimum Gasteiger partial charge on any atom is -0.456 e. The number of hydrogen-bond acceptors (Lipinski definition) is 2. The molecule has 244 valence electrons. The van der Waals surface area contributed by atoms with Crippen LogP contribution in [-0.2, 0) is 0 Å². The van der Waals surface area contributed by atoms with Crippen LogP contribution in [0.4, 0.5) is 17.1 Å². The van der Waals surface area contributed by atoms with Gasteiger partial charge in [0, 0.05) is 27.7 Å². The molecule has 0 aliphatic rings. The maximum atomic E-state index is 6.40. The molecule has 0 unspecified atom stereocenters. The van der Waals surface area contributed by atoms with Gasteiger partial charge < -0.3 is 9.32 Å². The van der Waals surface area contributed by atoms with Crippen LogP contribution in [0.5, 0.6) is 0 Å². The van der Waals surface area contributed by atoms with E-state index in [0.29, 0.717) is 0 Å². The first-order valence-corrected chi connectivity index (χ1v) is 17.8. The minimum atomic E-state index is 0.891. The second-order valence-corrected chi connectivity index (χ2v) is 13.4. The van der Waals surface area contributed by atoms with Crippen molar-refractivity contribution in [2.24, 2.45) is 0 Å². The van der Waals surface area contributed by atoms with Crippen molar-refractivity contribution in [1.82, 2.24) is 0 Å². The van der Waals surface area contributed by atoms with E-state index in [1.165, 1.54) is 43.8 Å². The van der Waals surface area contributed by atoms with Gasteiger partial charge in [-0.3, -0.25) is 0 Å². The summed E-state index contributed by atoms with van der Waals surface area (Å²) in [5.74, 6) is 0. The highest BCUT2D eigenvalue weighted by Gasteiger charge is 2.20. The Bertz CT molecular complexity index is 2910. The molecular weight excluding hydrogens is 631 g/mol. The zero-order chi connectivity index (χ0) is 34.4. The lowest BCUT2D eigenvalue weighted by Crippen LogP contribution is -2.11. The summed E-state index contributed by atoms with van der Waals surface area (Å²) >= 11 is 0. The number of nitrogens with zero attached hydrogens (tertiary/aromatic N) is 1. The van der Waals surface area contributed by atoms with Gasteiger partial charge in [-0.05, 0) is 104 Å². The molecule has 0 amide bonds. The normalized spacial score (nSPS) is 11.5. The molecule has 0 saturated heterocycles. The molecule has 2 heteroatoms. The summed E-state index contributed by atoms with van der Waals surface area (Å²) < 4.78 is 6.40. The fraction of sp³-hybridized carbons (Fsp3) is 0. The van der Waals surface area contributed by atoms with Gasteiger partial charge in [0.25, 0.3) is 0 Å². The molecule has 0 saturated carbocycles. The molecule has 0 radical (unpaired) electrons. The Morgan fingerprint density at radius 3 is 1.65 bits per heavy atom. The molecule has 1 heterocycles. The molecule has 0 N–H and O–H groups in total. The van der Waals surface area contributed by atoms with Gasteiger partial charge in [0.1, 0.15) is 11.2 Å². The quantitative estimate of drug-likeness (QED) is 0.176. The Kier molecular flexibility index (Phi) is 7.18. The summed E-state index contributed by atoms with van der Waals surface area (Å²) in [6.45, 7) is 0. The maximum Gasteiger partial charge on any atom is 0.136 e. The molecule has 0 bridgehead atoms. The first kappa shape index (κ1) is 30.0. The first-order valence-electron chi connectivity index (χ1n) is 17.8. The van der Waals surface area contributed by atoms with Crippen LogP contribution >= 0.6 is 0 Å². The average Bonchev–Trinajstić information content (AvgIpc) is 3.57. The topological polar surface area (TPSA) is 16.4 Å². The molecule has 0 spiro atoms. The summed E-state index contributed by atoms with van der Waals surface area (Å²) in [6, 6.07) is 71.9. The molecular formula is C50H33NO. The van der Waals surface area contributed by atoms with E-state index in [2.05, 4.69) is 205 Å². The SMILES string of the molecule is c1ccc(-c2ccc(N(c3ccc4ccccc4c3)c3ccccc3-c3ccc4oc5cc6ccccc6cc5c4c3)cc2-c2ccccc2)cc1. The highest BCUT2D eigenvalue weighted by Crippen LogP contribution is 2.45. The molecule has 0 fully saturated rings. The van der Waals surface area contributed by atoms with Crippen LogP contribution < -0.4 is 4.90 Å². The highest BCUT2D eigenvalue weighted by atomic mass is 16.3. The van der Waals surface area contributed by atoms with Crippen molar-refractivity contribution in [3.63, 3.8) is 0 Å². The van der Waals surface area contributed by atoms with Gasteiger partial charge in [-0.15, -0.1) is 0 Å². The van der Waals surface area contributed by atoms with Crippen LogP contribution in [0.3, 0.4) is 0 Å². The van der Waals surface area contributed by atoms with Gasteiger partial charge in [-0.25, -0.2) is 0 Å². The lowest BCUT2D eigenvalue weighted by molar-refractivity contribution is 0.669. The van der Waals surface area contributed by atoms with Crippen molar-refractivity contribution in [2.45, 2.75) is 0 Å². The van der Waals surface area contributed by atoms with Crippen molar-refractivity contribution >= 4 is 60.5 Å². The molecule has 2 nitrogen and oxygen atoms in total. The van der Waals surface area contributed by atoms with E-state index < -0.39 is 0 Å². The molecule has 9 aromatic carbocycles. The van der Waals surface area contributed by atoms with E-state index in [0.717, 1.165) is 50.1 Å². The number of benzene rings is 9. The molecule has 10 rings (SSSR count). The Morgan fingerprint density at radius 1 is 0.308 bits per heavy atom. The van der Waals surface area contributed by atoms with Gasteiger partial charge in [-0.2, -0.15) is 0 Å². The van der Waals surface area contributed by atoms with Crippen LogP contribution in [0, 0.1) is 0 Å². The van der Waals surface area contributed by atoms with E-state index in [1.807, 2.05) is 0 Å². The van der Waals surface area contributed by atoms with E-state index >= 15 is 0 Å². The lowest BCUT2D eigenvalue weighted by Gasteiger charge is -2.29. The Hall–Kier alpha value is -6.90. The van der Waals surface area contributed by atoms with Crippen LogP contribution in [-0.4, -0.2) is 0 Å². The summed E-state index contributed by atoms with van der Waals surface area (Å²) in [4.78, 5) is 2.41. The average molecular weight is 664 g/mol. The molecule has 0 aliphatic carbocycles. The standard InChI is InChI=1S/C50H33NO/c1-3-14-35(15-4-1)43-27-26-42(33-45(43)36-16-5-2-6-17-36)51(41-25-23-34-13-7-8-18-37(34)29-41)48-22-12-11-21-44(48)40-24-28-49-46(31-40)47-30-38-19-9-10-20-39(38)32-50(47)52-49/h1-33H. The first-order chi connectivity index (χ1) is 25.8. The summed E-state index contributed by atoms with van der Waals surface area (Å²) in [7, 11) is 0. The number of fused-ring (bicyclic) bond motifs is 5. The van der Waals surface area contributed by atoms with Crippen LogP contribution in [0.15, 0.2) is 205 Å². The second kappa shape index (κ2) is 12.5. The Labute approximate surface area is 302 Å². The van der Waals surface area contributed by atoms with E-state index in [-0.39, 0.29) is 0 Å². The fourth-order valence-electron chi connectivity index (χ4n) is 7.68. The summed E-state index contributed by atoms with van der Waals surface area (Å²) in [6.07, 6.45) is 0. The van der Waals surface area contributed by atoms with E-state index in [9.17, 15) is 0 Å². The van der Waals surface area contributed by atoms with Crippen molar-refractivity contribution in [1.29, 1.82) is 0 Å². The third-order valence-corrected chi connectivity index (χ3v) is 10.2. The largest absolute Gasteiger partial charge is 0.456 e. The van der Waals surface area contributed by atoms with Crippen molar-refractivity contribution in [3.05, 3.63) is 200 Å². The molecule has 1 aromatic heterocycles. The number of hydrogen-bond donors (Lipinski definition) is 0. The third kappa shape index (κ3) is 5.21. The second-order valence-electron chi connectivity index (χ2n) is 13.4. The van der Waals surface area contributed by atoms with Gasteiger partial charge in [0.05, 0.1) is 5.69 Å². The molecule has 0 aliphatic heterocycles. The molecule has 52 heavy (non-hydrogen) atoms. The zero-order valence-corrected chi connectivity index (χ0v) is 28.4. The minimum absolute atomic E-state index is 0.891. The van der Waals surface area contributed by atoms with Crippen LogP contribution in [0.1, 0.15) is 0 Å². The number of rotatable bonds is 6. The number of anilines is 3.